The molecule has 0 saturated carbocycles. The summed E-state index contributed by atoms with van der Waals surface area (Å²) in [5.74, 6) is -4.13. The maximum absolute atomic E-state index is 12.8. The van der Waals surface area contributed by atoms with Gasteiger partial charge in [-0.3, -0.25) is 33.6 Å². The van der Waals surface area contributed by atoms with Gasteiger partial charge in [0.2, 0.25) is 0 Å². The van der Waals surface area contributed by atoms with Gasteiger partial charge in [0.15, 0.2) is 11.5 Å². The van der Waals surface area contributed by atoms with Crippen molar-refractivity contribution in [2.24, 2.45) is 0 Å². The molecule has 41 heteroatoms. The number of aryl methyl sites for hydroxylation is 5. The maximum atomic E-state index is 12.8. The van der Waals surface area contributed by atoms with Crippen molar-refractivity contribution in [3.05, 3.63) is 382 Å². The molecule has 0 aliphatic heterocycles. The molecule has 0 saturated heterocycles. The first kappa shape index (κ1) is 116. The standard InChI is InChI=1S/C23H17ClI2N2O2.C20H14ClI2NO3.C16H13I2NO3.C14H8Cl5NO3.C13H9Br2NO2.C13H7Cl4NO2/c1-12-3-5-14(6-4-12)18(11-27)16-7-13(2)21(10-19(16)24)28-23(30)17-8-15(25)9-20(26)22(17)29;1-11-2-5-14(6-3-11)27-18-7-4-13(10-16(18)21)24-20(26)15-8-12(22)9-17(23)19(15)25;1-9-4-3-5-12(6-9)19-16(21)13-7-11(17)8-14(18)15(13)22-10(2)20;1-4-2-5(15)12(21)6(3-4)20-14(23)7-8(16)9(17)10(18)11(19)13(7)22;14-8-6-10(12(17)11(15)7-8)13(18)16-9-4-2-1-3-5-9;14-8-7(12(19)11(17)10(16)9(8)15)13(20)18-6-4-2-1-3-5-6/h3-10,18,29H,1-2H3,(H,28,30);2-10,25H,1H3,(H,24,26);3-8H,1-2H3,(H,19,21);2-3,21-22H,1H3,(H,20,23);1-7,17H,(H,16,18);1-5,19H,(H,18,20). The summed E-state index contributed by atoms with van der Waals surface area (Å²) in [5.41, 5.74) is 9.68. The van der Waals surface area contributed by atoms with Crippen molar-refractivity contribution < 1.29 is 73.7 Å². The maximum Gasteiger partial charge on any atom is 0.308 e. The average molecular weight is 2910 g/mol. The molecule has 0 spiro atoms. The first-order valence-electron chi connectivity index (χ1n) is 39.7. The molecule has 0 fully saturated rings. The Morgan fingerprint density at radius 3 is 1.28 bits per heavy atom. The number of aromatic hydroxyl groups is 6. The molecule has 722 valence electrons. The van der Waals surface area contributed by atoms with Crippen molar-refractivity contribution in [1.82, 2.24) is 0 Å². The zero-order valence-corrected chi connectivity index (χ0v) is 96.9. The summed E-state index contributed by atoms with van der Waals surface area (Å²) in [7, 11) is 0. The van der Waals surface area contributed by atoms with Crippen LogP contribution in [0.1, 0.15) is 114 Å². The van der Waals surface area contributed by atoms with Crippen LogP contribution in [0.3, 0.4) is 0 Å². The second-order valence-corrected chi connectivity index (χ2v) is 42.6. The van der Waals surface area contributed by atoms with E-state index >= 15 is 0 Å². The van der Waals surface area contributed by atoms with Crippen LogP contribution in [-0.4, -0.2) is 72.1 Å². The van der Waals surface area contributed by atoms with E-state index in [0.29, 0.717) is 92.1 Å². The number of hydrogen-bond acceptors (Lipinski definition) is 16. The zero-order chi connectivity index (χ0) is 103. The Morgan fingerprint density at radius 2 is 0.786 bits per heavy atom. The lowest BCUT2D eigenvalue weighted by atomic mass is 9.90. The molecule has 0 aromatic heterocycles. The molecule has 1 unspecified atom stereocenters. The van der Waals surface area contributed by atoms with E-state index in [2.05, 4.69) is 160 Å². The number of hydrogen-bond donors (Lipinski definition) is 12. The molecule has 0 heterocycles. The third kappa shape index (κ3) is 31.8. The number of phenolic OH excluding ortho intramolecular Hbond substituents is 6. The van der Waals surface area contributed by atoms with Crippen LogP contribution in [0.5, 0.6) is 51.7 Å². The van der Waals surface area contributed by atoms with Crippen LogP contribution in [0.15, 0.2) is 233 Å². The van der Waals surface area contributed by atoms with E-state index in [4.69, 9.17) is 137 Å². The van der Waals surface area contributed by atoms with E-state index in [0.717, 1.165) is 38.5 Å². The van der Waals surface area contributed by atoms with E-state index in [1.165, 1.54) is 19.1 Å². The Morgan fingerprint density at radius 1 is 0.357 bits per heavy atom. The number of rotatable bonds is 17. The van der Waals surface area contributed by atoms with Crippen LogP contribution in [0.2, 0.25) is 55.2 Å². The highest BCUT2D eigenvalue weighted by Crippen LogP contribution is 2.49. The second-order valence-electron chi connectivity index (χ2n) is 29.4. The minimum atomic E-state index is -0.843. The Balaban J connectivity index is 0.000000189. The number of nitrogens with one attached hydrogen (secondary N) is 6. The molecule has 0 bridgehead atoms. The Bertz CT molecular complexity index is 7120. The minimum absolute atomic E-state index is 0.0395. The number of carbonyl (C=O) groups is 7. The van der Waals surface area contributed by atoms with Crippen LogP contribution in [-0.2, 0) is 4.79 Å². The lowest BCUT2D eigenvalue weighted by Crippen LogP contribution is -2.16. The van der Waals surface area contributed by atoms with Gasteiger partial charge in [0, 0.05) is 55.6 Å². The molecule has 14 aromatic rings. The Hall–Kier alpha value is -8.01. The number of amides is 6. The number of phenols is 6. The van der Waals surface area contributed by atoms with Gasteiger partial charge in [0.05, 0.1) is 95.3 Å². The summed E-state index contributed by atoms with van der Waals surface area (Å²) in [6.07, 6.45) is 0. The molecule has 12 N–H and O–H groups in total. The number of nitrogens with zero attached hydrogens (tertiary/aromatic N) is 1. The molecule has 1 atom stereocenters. The quantitative estimate of drug-likeness (QED) is 0.0101. The summed E-state index contributed by atoms with van der Waals surface area (Å²) < 4.78 is 16.7. The highest BCUT2D eigenvalue weighted by Gasteiger charge is 2.30. The largest absolute Gasteiger partial charge is 0.506 e. The van der Waals surface area contributed by atoms with Crippen molar-refractivity contribution in [3.8, 4) is 57.8 Å². The lowest BCUT2D eigenvalue weighted by molar-refractivity contribution is -0.132. The van der Waals surface area contributed by atoms with E-state index in [-0.39, 0.29) is 114 Å². The summed E-state index contributed by atoms with van der Waals surface area (Å²) >= 11 is 84.3. The third-order valence-corrected chi connectivity index (χ3v) is 28.8. The molecular weight excluding hydrogens is 2840 g/mol. The van der Waals surface area contributed by atoms with Crippen LogP contribution in [0, 0.1) is 67.4 Å². The summed E-state index contributed by atoms with van der Waals surface area (Å²) in [5, 5.41) is 85.2. The number of carbonyl (C=O) groups excluding carboxylic acids is 7. The molecule has 140 heavy (non-hydrogen) atoms. The molecule has 0 aliphatic carbocycles. The summed E-state index contributed by atoms with van der Waals surface area (Å²) in [6, 6.07) is 68.1. The minimum Gasteiger partial charge on any atom is -0.506 e. The average Bonchev–Trinajstić information content (AvgIpc) is 0.781. The Labute approximate surface area is 956 Å². The molecule has 14 rings (SSSR count). The number of anilines is 6. The van der Waals surface area contributed by atoms with Gasteiger partial charge in [-0.15, -0.1) is 0 Å². The fourth-order valence-corrected chi connectivity index (χ4v) is 21.6. The van der Waals surface area contributed by atoms with E-state index < -0.39 is 47.0 Å². The highest BCUT2D eigenvalue weighted by atomic mass is 127. The molecule has 14 aromatic carbocycles. The van der Waals surface area contributed by atoms with Gasteiger partial charge in [-0.25, -0.2) is 0 Å². The number of esters is 1. The smallest absolute Gasteiger partial charge is 0.308 e. The van der Waals surface area contributed by atoms with Gasteiger partial charge in [-0.2, -0.15) is 5.26 Å². The summed E-state index contributed by atoms with van der Waals surface area (Å²) in [4.78, 5) is 85.6. The second kappa shape index (κ2) is 53.7. The van der Waals surface area contributed by atoms with Gasteiger partial charge in [-0.1, -0.05) is 246 Å². The predicted octanol–water partition coefficient (Wildman–Crippen LogP) is 33.1. The summed E-state index contributed by atoms with van der Waals surface area (Å²) in [6.45, 7) is 10.8. The van der Waals surface area contributed by atoms with Crippen LogP contribution >= 0.6 is 295 Å². The monoisotopic (exact) mass is 2900 g/mol. The first-order valence-corrected chi connectivity index (χ1v) is 51.9. The molecule has 0 radical (unpaired) electrons. The number of ether oxygens (including phenoxy) is 2. The van der Waals surface area contributed by atoms with E-state index in [1.807, 2.05) is 176 Å². The van der Waals surface area contributed by atoms with Crippen molar-refractivity contribution >= 4 is 371 Å². The fourth-order valence-electron chi connectivity index (χ4n) is 12.1. The Kier molecular flexibility index (Phi) is 44.3. The van der Waals surface area contributed by atoms with Crippen molar-refractivity contribution in [3.63, 3.8) is 0 Å². The third-order valence-electron chi connectivity index (χ3n) is 18.9. The van der Waals surface area contributed by atoms with Gasteiger partial charge in [0.1, 0.15) is 61.4 Å². The predicted molar refractivity (Wildman–Crippen MR) is 617 cm³/mol. The van der Waals surface area contributed by atoms with Crippen LogP contribution in [0.25, 0.3) is 0 Å². The number of nitriles is 1. The molecule has 0 aliphatic rings. The van der Waals surface area contributed by atoms with Gasteiger partial charge < -0.3 is 72.0 Å². The zero-order valence-electron chi connectivity index (χ0n) is 72.4. The lowest BCUT2D eigenvalue weighted by Gasteiger charge is -2.16. The molecule has 22 nitrogen and oxygen atoms in total. The van der Waals surface area contributed by atoms with E-state index in [1.54, 1.807) is 116 Å². The SMILES string of the molecule is CC(=O)Oc1c(I)cc(I)cc1C(=O)Nc1cccc(C)c1.Cc1cc(Cl)c(O)c(NC(=O)c2c(O)c(Cl)c(Cl)c(Cl)c2Cl)c1.Cc1ccc(C(C#N)c2cc(C)c(NC(=O)c3cc(I)cc(I)c3O)cc2Cl)cc1.Cc1ccc(Oc2ccc(NC(=O)c3cc(I)cc(I)c3O)cc2Cl)cc1.O=C(Nc1ccccc1)c1c(O)c(Cl)c(Cl)c(Cl)c1Cl.O=C(Nc1ccccc1)c1cc(Br)cc(Br)c1O. The number of benzene rings is 14. The van der Waals surface area contributed by atoms with Crippen LogP contribution in [0.4, 0.5) is 34.1 Å². The van der Waals surface area contributed by atoms with Crippen molar-refractivity contribution in [1.29, 1.82) is 5.26 Å². The molecule has 6 amide bonds. The topological polar surface area (TPSA) is 355 Å². The van der Waals surface area contributed by atoms with Crippen molar-refractivity contribution in [2.45, 2.75) is 47.5 Å². The first-order chi connectivity index (χ1) is 66.0. The number of halogens is 19. The van der Waals surface area contributed by atoms with Crippen LogP contribution < -0.4 is 41.4 Å². The van der Waals surface area contributed by atoms with E-state index in [9.17, 15) is 69.5 Å². The van der Waals surface area contributed by atoms with Gasteiger partial charge >= 0.3 is 5.97 Å². The van der Waals surface area contributed by atoms with Crippen molar-refractivity contribution in [2.75, 3.05) is 31.9 Å². The fraction of sp³-hybridized carbons (Fsp3) is 0.0707. The number of para-hydroxylation sites is 2. The van der Waals surface area contributed by atoms with Gasteiger partial charge in [-0.05, 0) is 347 Å². The molecular formula is C99H68Br2Cl11I6N7O15. The van der Waals surface area contributed by atoms with Gasteiger partial charge in [0.25, 0.3) is 35.4 Å². The highest BCUT2D eigenvalue weighted by molar-refractivity contribution is 14.1. The normalized spacial score (nSPS) is 10.7.